The fraction of sp³-hybridized carbons (Fsp3) is 0.400. The van der Waals surface area contributed by atoms with Crippen molar-refractivity contribution in [3.63, 3.8) is 0 Å². The molecule has 2 atom stereocenters. The number of nitrogens with two attached hydrogens (primary N) is 1. The van der Waals surface area contributed by atoms with Crippen LogP contribution in [0.25, 0.3) is 10.8 Å². The number of hydrogen-bond acceptors (Lipinski definition) is 2. The van der Waals surface area contributed by atoms with Crippen molar-refractivity contribution >= 4 is 10.8 Å². The zero-order chi connectivity index (χ0) is 12.4. The lowest BCUT2D eigenvalue weighted by molar-refractivity contribution is 0.353. The van der Waals surface area contributed by atoms with E-state index in [-0.39, 0.29) is 6.04 Å². The molecule has 2 nitrogen and oxygen atoms in total. The molecule has 2 aromatic rings. The molecule has 0 spiro atoms. The summed E-state index contributed by atoms with van der Waals surface area (Å²) in [6.45, 7) is 6.66. The fourth-order valence-electron chi connectivity index (χ4n) is 2.14. The van der Waals surface area contributed by atoms with Crippen molar-refractivity contribution in [1.29, 1.82) is 0 Å². The van der Waals surface area contributed by atoms with Crippen LogP contribution in [-0.4, -0.2) is 4.98 Å². The molecule has 0 bridgehead atoms. The van der Waals surface area contributed by atoms with E-state index in [2.05, 4.69) is 50.0 Å². The fourth-order valence-corrected chi connectivity index (χ4v) is 2.14. The number of rotatable bonds is 3. The minimum absolute atomic E-state index is 0.0844. The second-order valence-electron chi connectivity index (χ2n) is 5.07. The summed E-state index contributed by atoms with van der Waals surface area (Å²) in [5.41, 5.74) is 7.61. The number of pyridine rings is 1. The van der Waals surface area contributed by atoms with E-state index < -0.39 is 0 Å². The van der Waals surface area contributed by atoms with Crippen LogP contribution in [0.3, 0.4) is 0 Å². The number of hydrogen-bond donors (Lipinski definition) is 1. The summed E-state index contributed by atoms with van der Waals surface area (Å²) in [4.78, 5) is 4.15. The summed E-state index contributed by atoms with van der Waals surface area (Å²) < 4.78 is 0. The molecule has 1 heterocycles. The molecular weight excluding hydrogens is 208 g/mol. The van der Waals surface area contributed by atoms with Crippen molar-refractivity contribution in [2.75, 3.05) is 0 Å². The van der Waals surface area contributed by atoms with Crippen molar-refractivity contribution in [2.45, 2.75) is 26.8 Å². The molecule has 90 valence electrons. The van der Waals surface area contributed by atoms with E-state index in [4.69, 9.17) is 5.73 Å². The van der Waals surface area contributed by atoms with Crippen LogP contribution < -0.4 is 5.73 Å². The second kappa shape index (κ2) is 4.84. The van der Waals surface area contributed by atoms with Crippen LogP contribution >= 0.6 is 0 Å². The average molecular weight is 228 g/mol. The molecule has 2 rings (SSSR count). The first-order valence-electron chi connectivity index (χ1n) is 6.19. The summed E-state index contributed by atoms with van der Waals surface area (Å²) in [6, 6.07) is 8.41. The van der Waals surface area contributed by atoms with Gasteiger partial charge in [-0.3, -0.25) is 4.98 Å². The van der Waals surface area contributed by atoms with E-state index in [0.717, 1.165) is 5.39 Å². The van der Waals surface area contributed by atoms with Gasteiger partial charge < -0.3 is 5.73 Å². The van der Waals surface area contributed by atoms with Gasteiger partial charge in [0.15, 0.2) is 0 Å². The molecule has 0 fully saturated rings. The second-order valence-corrected chi connectivity index (χ2v) is 5.07. The predicted molar refractivity (Wildman–Crippen MR) is 72.7 cm³/mol. The lowest BCUT2D eigenvalue weighted by Crippen LogP contribution is -2.23. The van der Waals surface area contributed by atoms with Crippen LogP contribution in [0, 0.1) is 11.8 Å². The predicted octanol–water partition coefficient (Wildman–Crippen LogP) is 3.53. The molecule has 2 N–H and O–H groups in total. The summed E-state index contributed by atoms with van der Waals surface area (Å²) in [5, 5.41) is 2.39. The summed E-state index contributed by atoms with van der Waals surface area (Å²) in [7, 11) is 0. The van der Waals surface area contributed by atoms with Gasteiger partial charge in [0.1, 0.15) is 0 Å². The highest BCUT2D eigenvalue weighted by Crippen LogP contribution is 2.30. The third-order valence-electron chi connectivity index (χ3n) is 3.69. The highest BCUT2D eigenvalue weighted by molar-refractivity contribution is 5.85. The normalized spacial score (nSPS) is 15.1. The van der Waals surface area contributed by atoms with Gasteiger partial charge in [0.2, 0.25) is 0 Å². The SMILES string of the molecule is CC(C)C(C)C(N)c1cccc2cnccc12. The zero-order valence-electron chi connectivity index (χ0n) is 10.7. The van der Waals surface area contributed by atoms with E-state index in [1.165, 1.54) is 10.9 Å². The van der Waals surface area contributed by atoms with Crippen molar-refractivity contribution in [2.24, 2.45) is 17.6 Å². The van der Waals surface area contributed by atoms with Crippen molar-refractivity contribution in [1.82, 2.24) is 4.98 Å². The van der Waals surface area contributed by atoms with Gasteiger partial charge >= 0.3 is 0 Å². The molecule has 17 heavy (non-hydrogen) atoms. The Hall–Kier alpha value is -1.41. The Labute approximate surface area is 103 Å². The van der Waals surface area contributed by atoms with Crippen LogP contribution in [0.1, 0.15) is 32.4 Å². The summed E-state index contributed by atoms with van der Waals surface area (Å²) >= 11 is 0. The Balaban J connectivity index is 2.48. The van der Waals surface area contributed by atoms with Gasteiger partial charge in [0.25, 0.3) is 0 Å². The van der Waals surface area contributed by atoms with E-state index >= 15 is 0 Å². The molecule has 0 aliphatic carbocycles. The molecular formula is C15H20N2. The number of benzene rings is 1. The summed E-state index contributed by atoms with van der Waals surface area (Å²) in [6.07, 6.45) is 3.73. The number of fused-ring (bicyclic) bond motifs is 1. The van der Waals surface area contributed by atoms with E-state index in [0.29, 0.717) is 11.8 Å². The highest BCUT2D eigenvalue weighted by atomic mass is 14.7. The lowest BCUT2D eigenvalue weighted by atomic mass is 9.85. The maximum atomic E-state index is 6.39. The minimum Gasteiger partial charge on any atom is -0.324 e. The van der Waals surface area contributed by atoms with Gasteiger partial charge in [-0.05, 0) is 28.9 Å². The first-order chi connectivity index (χ1) is 8.11. The molecule has 2 unspecified atom stereocenters. The lowest BCUT2D eigenvalue weighted by Gasteiger charge is -2.24. The molecule has 0 amide bonds. The Morgan fingerprint density at radius 1 is 1.12 bits per heavy atom. The zero-order valence-corrected chi connectivity index (χ0v) is 10.7. The van der Waals surface area contributed by atoms with Crippen molar-refractivity contribution in [3.8, 4) is 0 Å². The molecule has 1 aromatic heterocycles. The molecule has 1 aromatic carbocycles. The Morgan fingerprint density at radius 2 is 1.88 bits per heavy atom. The maximum Gasteiger partial charge on any atom is 0.0346 e. The van der Waals surface area contributed by atoms with Crippen LogP contribution in [0.5, 0.6) is 0 Å². The van der Waals surface area contributed by atoms with Crippen LogP contribution in [0.4, 0.5) is 0 Å². The monoisotopic (exact) mass is 228 g/mol. The van der Waals surface area contributed by atoms with E-state index in [9.17, 15) is 0 Å². The molecule has 0 aliphatic heterocycles. The Bertz CT molecular complexity index is 500. The molecule has 2 heteroatoms. The summed E-state index contributed by atoms with van der Waals surface area (Å²) in [5.74, 6) is 1.05. The third kappa shape index (κ3) is 2.32. The maximum absolute atomic E-state index is 6.39. The van der Waals surface area contributed by atoms with Crippen molar-refractivity contribution in [3.05, 3.63) is 42.2 Å². The van der Waals surface area contributed by atoms with Gasteiger partial charge in [0.05, 0.1) is 0 Å². The molecule has 0 saturated heterocycles. The van der Waals surface area contributed by atoms with Gasteiger partial charge in [0, 0.05) is 23.8 Å². The minimum atomic E-state index is 0.0844. The smallest absolute Gasteiger partial charge is 0.0346 e. The van der Waals surface area contributed by atoms with Crippen molar-refractivity contribution < 1.29 is 0 Å². The number of aromatic nitrogens is 1. The third-order valence-corrected chi connectivity index (χ3v) is 3.69. The van der Waals surface area contributed by atoms with Gasteiger partial charge in [-0.2, -0.15) is 0 Å². The first kappa shape index (κ1) is 12.1. The van der Waals surface area contributed by atoms with Gasteiger partial charge in [-0.15, -0.1) is 0 Å². The Morgan fingerprint density at radius 3 is 2.59 bits per heavy atom. The van der Waals surface area contributed by atoms with Gasteiger partial charge in [-0.25, -0.2) is 0 Å². The average Bonchev–Trinajstić information content (AvgIpc) is 2.36. The largest absolute Gasteiger partial charge is 0.324 e. The van der Waals surface area contributed by atoms with Gasteiger partial charge in [-0.1, -0.05) is 39.0 Å². The highest BCUT2D eigenvalue weighted by Gasteiger charge is 2.19. The quantitative estimate of drug-likeness (QED) is 0.872. The van der Waals surface area contributed by atoms with Crippen LogP contribution in [0.2, 0.25) is 0 Å². The van der Waals surface area contributed by atoms with Crippen LogP contribution in [0.15, 0.2) is 36.7 Å². The van der Waals surface area contributed by atoms with E-state index in [1.807, 2.05) is 12.4 Å². The Kier molecular flexibility index (Phi) is 3.43. The standard InChI is InChI=1S/C15H20N2/c1-10(2)11(3)15(16)14-6-4-5-12-9-17-8-7-13(12)14/h4-11,15H,16H2,1-3H3. The molecule has 0 aliphatic rings. The first-order valence-corrected chi connectivity index (χ1v) is 6.19. The topological polar surface area (TPSA) is 38.9 Å². The van der Waals surface area contributed by atoms with Crippen LogP contribution in [-0.2, 0) is 0 Å². The molecule has 0 radical (unpaired) electrons. The molecule has 0 saturated carbocycles. The van der Waals surface area contributed by atoms with E-state index in [1.54, 1.807) is 0 Å². The number of nitrogens with zero attached hydrogens (tertiary/aromatic N) is 1.